The van der Waals surface area contributed by atoms with Crippen molar-refractivity contribution in [1.29, 1.82) is 0 Å². The van der Waals surface area contributed by atoms with Crippen molar-refractivity contribution in [3.63, 3.8) is 0 Å². The Morgan fingerprint density at radius 1 is 1.59 bits per heavy atom. The third-order valence-corrected chi connectivity index (χ3v) is 3.14. The standard InChI is InChI=1S/C9H14N6OS/c1-5(3-17(2)16)13-8-6-7(12-4-11-6)14-9(10)15-8/h4-5H,3H2,1-2H3,(H4,10,11,12,13,14,15). The highest BCUT2D eigenvalue weighted by Gasteiger charge is 2.11. The maximum absolute atomic E-state index is 11.1. The molecule has 7 nitrogen and oxygen atoms in total. The molecule has 0 aromatic carbocycles. The van der Waals surface area contributed by atoms with Crippen molar-refractivity contribution in [2.24, 2.45) is 0 Å². The number of anilines is 2. The fourth-order valence-electron chi connectivity index (χ4n) is 1.58. The number of hydrogen-bond donors (Lipinski definition) is 3. The van der Waals surface area contributed by atoms with Gasteiger partial charge in [0.25, 0.3) is 0 Å². The molecule has 0 aliphatic carbocycles. The summed E-state index contributed by atoms with van der Waals surface area (Å²) in [7, 11) is -0.862. The van der Waals surface area contributed by atoms with Gasteiger partial charge in [-0.2, -0.15) is 9.97 Å². The fourth-order valence-corrected chi connectivity index (χ4v) is 2.37. The zero-order valence-corrected chi connectivity index (χ0v) is 10.4. The molecule has 92 valence electrons. The monoisotopic (exact) mass is 254 g/mol. The van der Waals surface area contributed by atoms with Crippen molar-refractivity contribution < 1.29 is 4.21 Å². The van der Waals surface area contributed by atoms with Gasteiger partial charge in [0.05, 0.1) is 6.33 Å². The van der Waals surface area contributed by atoms with E-state index in [0.29, 0.717) is 22.7 Å². The van der Waals surface area contributed by atoms with Crippen molar-refractivity contribution in [3.05, 3.63) is 6.33 Å². The van der Waals surface area contributed by atoms with E-state index >= 15 is 0 Å². The largest absolute Gasteiger partial charge is 0.368 e. The summed E-state index contributed by atoms with van der Waals surface area (Å²) in [5.74, 6) is 1.29. The predicted molar refractivity (Wildman–Crippen MR) is 68.1 cm³/mol. The van der Waals surface area contributed by atoms with E-state index in [1.165, 1.54) is 6.33 Å². The molecule has 2 unspecified atom stereocenters. The first-order valence-electron chi connectivity index (χ1n) is 5.09. The Balaban J connectivity index is 2.28. The van der Waals surface area contributed by atoms with E-state index in [9.17, 15) is 4.21 Å². The summed E-state index contributed by atoms with van der Waals surface area (Å²) in [6.07, 6.45) is 3.20. The van der Waals surface area contributed by atoms with Gasteiger partial charge in [0.1, 0.15) is 5.52 Å². The first-order valence-corrected chi connectivity index (χ1v) is 6.82. The number of nitrogen functional groups attached to an aromatic ring is 1. The molecular weight excluding hydrogens is 240 g/mol. The summed E-state index contributed by atoms with van der Waals surface area (Å²) in [5.41, 5.74) is 6.80. The zero-order valence-electron chi connectivity index (χ0n) is 9.60. The van der Waals surface area contributed by atoms with Gasteiger partial charge in [-0.05, 0) is 6.92 Å². The average Bonchev–Trinajstić information content (AvgIpc) is 2.63. The molecule has 8 heteroatoms. The minimum absolute atomic E-state index is 0.0293. The number of imidazole rings is 1. The number of nitrogens with zero attached hydrogens (tertiary/aromatic N) is 3. The molecule has 0 saturated heterocycles. The van der Waals surface area contributed by atoms with Gasteiger partial charge in [-0.3, -0.25) is 4.21 Å². The zero-order chi connectivity index (χ0) is 12.4. The molecule has 0 amide bonds. The highest BCUT2D eigenvalue weighted by atomic mass is 32.2. The van der Waals surface area contributed by atoms with Gasteiger partial charge in [0, 0.05) is 28.9 Å². The van der Waals surface area contributed by atoms with Crippen LogP contribution in [0, 0.1) is 0 Å². The second-order valence-electron chi connectivity index (χ2n) is 3.82. The van der Waals surface area contributed by atoms with Gasteiger partial charge in [-0.25, -0.2) is 4.98 Å². The molecule has 0 saturated carbocycles. The van der Waals surface area contributed by atoms with Crippen LogP contribution in [0.4, 0.5) is 11.8 Å². The SMILES string of the molecule is CC(CS(C)=O)Nc1nc(N)nc2nc[nH]c12. The molecule has 2 aromatic rings. The maximum atomic E-state index is 11.1. The highest BCUT2D eigenvalue weighted by Crippen LogP contribution is 2.17. The fraction of sp³-hybridized carbons (Fsp3) is 0.444. The summed E-state index contributed by atoms with van der Waals surface area (Å²) in [4.78, 5) is 15.1. The van der Waals surface area contributed by atoms with E-state index in [4.69, 9.17) is 5.73 Å². The van der Waals surface area contributed by atoms with Crippen molar-refractivity contribution >= 4 is 33.7 Å². The van der Waals surface area contributed by atoms with Crippen LogP contribution in [0.5, 0.6) is 0 Å². The summed E-state index contributed by atoms with van der Waals surface area (Å²) >= 11 is 0. The Morgan fingerprint density at radius 2 is 2.35 bits per heavy atom. The Labute approximate surface area is 101 Å². The first kappa shape index (κ1) is 11.8. The normalized spacial score (nSPS) is 14.7. The van der Waals surface area contributed by atoms with Gasteiger partial charge >= 0.3 is 0 Å². The number of nitrogens with two attached hydrogens (primary N) is 1. The molecule has 0 aliphatic heterocycles. The van der Waals surface area contributed by atoms with Crippen molar-refractivity contribution in [2.45, 2.75) is 13.0 Å². The number of fused-ring (bicyclic) bond motifs is 1. The van der Waals surface area contributed by atoms with Crippen LogP contribution in [-0.4, -0.2) is 42.2 Å². The molecule has 0 bridgehead atoms. The number of nitrogens with one attached hydrogen (secondary N) is 2. The average molecular weight is 254 g/mol. The molecular formula is C9H14N6OS. The van der Waals surface area contributed by atoms with E-state index in [1.54, 1.807) is 6.26 Å². The number of aromatic amines is 1. The molecule has 2 rings (SSSR count). The maximum Gasteiger partial charge on any atom is 0.224 e. The minimum Gasteiger partial charge on any atom is -0.368 e. The molecule has 2 heterocycles. The van der Waals surface area contributed by atoms with Gasteiger partial charge in [0.15, 0.2) is 11.5 Å². The Morgan fingerprint density at radius 3 is 3.06 bits per heavy atom. The van der Waals surface area contributed by atoms with Crippen LogP contribution in [0.25, 0.3) is 11.2 Å². The lowest BCUT2D eigenvalue weighted by molar-refractivity contribution is 0.683. The molecule has 17 heavy (non-hydrogen) atoms. The first-order chi connectivity index (χ1) is 8.06. The third-order valence-electron chi connectivity index (χ3n) is 2.17. The number of aromatic nitrogens is 4. The van der Waals surface area contributed by atoms with Crippen LogP contribution in [0.2, 0.25) is 0 Å². The van der Waals surface area contributed by atoms with Crippen molar-refractivity contribution in [1.82, 2.24) is 19.9 Å². The summed E-state index contributed by atoms with van der Waals surface area (Å²) in [6.45, 7) is 1.93. The van der Waals surface area contributed by atoms with E-state index in [2.05, 4.69) is 25.3 Å². The van der Waals surface area contributed by atoms with E-state index in [0.717, 1.165) is 0 Å². The number of H-pyrrole nitrogens is 1. The van der Waals surface area contributed by atoms with Gasteiger partial charge in [0.2, 0.25) is 5.95 Å². The Kier molecular flexibility index (Phi) is 3.23. The third kappa shape index (κ3) is 2.70. The second kappa shape index (κ2) is 4.66. The number of rotatable bonds is 4. The molecule has 0 radical (unpaired) electrons. The Hall–Kier alpha value is -1.70. The smallest absolute Gasteiger partial charge is 0.224 e. The van der Waals surface area contributed by atoms with E-state index in [-0.39, 0.29) is 12.0 Å². The predicted octanol–water partition coefficient (Wildman–Crippen LogP) is 0.114. The molecule has 0 spiro atoms. The van der Waals surface area contributed by atoms with Crippen LogP contribution in [0.1, 0.15) is 6.92 Å². The molecule has 4 N–H and O–H groups in total. The molecule has 2 atom stereocenters. The molecule has 0 fully saturated rings. The van der Waals surface area contributed by atoms with Crippen molar-refractivity contribution in [3.8, 4) is 0 Å². The van der Waals surface area contributed by atoms with Crippen LogP contribution in [-0.2, 0) is 10.8 Å². The highest BCUT2D eigenvalue weighted by molar-refractivity contribution is 7.84. The second-order valence-corrected chi connectivity index (χ2v) is 5.30. The lowest BCUT2D eigenvalue weighted by Crippen LogP contribution is -2.23. The summed E-state index contributed by atoms with van der Waals surface area (Å²) in [5, 5.41) is 3.15. The number of hydrogen-bond acceptors (Lipinski definition) is 6. The lowest BCUT2D eigenvalue weighted by atomic mass is 10.3. The lowest BCUT2D eigenvalue weighted by Gasteiger charge is -2.13. The minimum atomic E-state index is -0.862. The van der Waals surface area contributed by atoms with Crippen LogP contribution < -0.4 is 11.1 Å². The van der Waals surface area contributed by atoms with Crippen LogP contribution in [0.3, 0.4) is 0 Å². The molecule has 0 aliphatic rings. The Bertz CT molecular complexity index is 553. The van der Waals surface area contributed by atoms with Gasteiger partial charge < -0.3 is 16.0 Å². The van der Waals surface area contributed by atoms with E-state index in [1.807, 2.05) is 6.92 Å². The summed E-state index contributed by atoms with van der Waals surface area (Å²) < 4.78 is 11.1. The molecule has 2 aromatic heterocycles. The van der Waals surface area contributed by atoms with Gasteiger partial charge in [-0.15, -0.1) is 0 Å². The van der Waals surface area contributed by atoms with Crippen LogP contribution >= 0.6 is 0 Å². The van der Waals surface area contributed by atoms with Gasteiger partial charge in [-0.1, -0.05) is 0 Å². The quantitative estimate of drug-likeness (QED) is 0.714. The van der Waals surface area contributed by atoms with Crippen LogP contribution in [0.15, 0.2) is 6.33 Å². The van der Waals surface area contributed by atoms with E-state index < -0.39 is 10.8 Å². The summed E-state index contributed by atoms with van der Waals surface area (Å²) in [6, 6.07) is 0.0293. The topological polar surface area (TPSA) is 110 Å². The van der Waals surface area contributed by atoms with Crippen molar-refractivity contribution in [2.75, 3.05) is 23.1 Å².